The van der Waals surface area contributed by atoms with Gasteiger partial charge in [0, 0.05) is 24.2 Å². The summed E-state index contributed by atoms with van der Waals surface area (Å²) in [5.41, 5.74) is 0. The van der Waals surface area contributed by atoms with E-state index in [1.54, 1.807) is 103 Å². The third-order valence-electron chi connectivity index (χ3n) is 19.6. The van der Waals surface area contributed by atoms with Gasteiger partial charge in [-0.15, -0.1) is 0 Å². The van der Waals surface area contributed by atoms with Gasteiger partial charge < -0.3 is 0 Å². The van der Waals surface area contributed by atoms with Crippen molar-refractivity contribution in [3.05, 3.63) is 0 Å². The molecule has 2 nitrogen and oxygen atoms in total. The maximum Gasteiger partial charge on any atom is 0.0161 e. The van der Waals surface area contributed by atoms with E-state index < -0.39 is 0 Å². The molecule has 0 amide bonds. The minimum Gasteiger partial charge on any atom is -0.300 e. The fraction of sp³-hybridized carbons (Fsp3) is 1.00. The van der Waals surface area contributed by atoms with Crippen LogP contribution in [0.25, 0.3) is 0 Å². The summed E-state index contributed by atoms with van der Waals surface area (Å²) < 4.78 is 0. The standard InChI is InChI=1S/C45H74N2/c1-27-16-25-39-37(26-27)43-41(33-11-5-7-13-35(33)45(43)47(39)3)31-23-19-29(20-24-31)28-17-21-30(22-18-28)40-32-10-4-6-12-34(32)44-42(40)36-14-8-9-15-38(36)46(44)2/h27-45H,4-26H2,1-3H3. The quantitative estimate of drug-likeness (QED) is 0.302. The second-order valence-electron chi connectivity index (χ2n) is 20.9. The van der Waals surface area contributed by atoms with Gasteiger partial charge in [-0.05, 0) is 212 Å². The second-order valence-corrected chi connectivity index (χ2v) is 20.9. The first-order valence-electron chi connectivity index (χ1n) is 22.5. The Balaban J connectivity index is 0.806. The molecule has 0 spiro atoms. The first-order valence-corrected chi connectivity index (χ1v) is 22.5. The molecule has 264 valence electrons. The zero-order valence-electron chi connectivity index (χ0n) is 31.1. The van der Waals surface area contributed by atoms with Gasteiger partial charge >= 0.3 is 0 Å². The summed E-state index contributed by atoms with van der Waals surface area (Å²) in [7, 11) is 5.19. The predicted molar refractivity (Wildman–Crippen MR) is 195 cm³/mol. The molecule has 8 saturated carbocycles. The minimum atomic E-state index is 0.936. The molecule has 10 aliphatic rings. The summed E-state index contributed by atoms with van der Waals surface area (Å²) in [6.45, 7) is 2.60. The number of likely N-dealkylation sites (tertiary alicyclic amines) is 2. The lowest BCUT2D eigenvalue weighted by Gasteiger charge is -2.46. The minimum absolute atomic E-state index is 0.936. The third kappa shape index (κ3) is 4.94. The zero-order chi connectivity index (χ0) is 31.4. The van der Waals surface area contributed by atoms with Crippen molar-refractivity contribution >= 4 is 0 Å². The van der Waals surface area contributed by atoms with Gasteiger partial charge in [-0.2, -0.15) is 0 Å². The fourth-order valence-electron chi connectivity index (χ4n) is 18.2. The Labute approximate surface area is 290 Å². The van der Waals surface area contributed by atoms with Gasteiger partial charge in [0.1, 0.15) is 0 Å². The average molecular weight is 643 g/mol. The van der Waals surface area contributed by atoms with Crippen molar-refractivity contribution in [1.29, 1.82) is 0 Å². The van der Waals surface area contributed by atoms with Crippen molar-refractivity contribution in [2.24, 2.45) is 88.8 Å². The van der Waals surface area contributed by atoms with Crippen molar-refractivity contribution in [3.63, 3.8) is 0 Å². The summed E-state index contributed by atoms with van der Waals surface area (Å²) in [6.07, 6.45) is 36.1. The summed E-state index contributed by atoms with van der Waals surface area (Å²) in [5.74, 6) is 16.1. The van der Waals surface area contributed by atoms with E-state index in [0.717, 1.165) is 113 Å². The van der Waals surface area contributed by atoms with Crippen LogP contribution >= 0.6 is 0 Å². The van der Waals surface area contributed by atoms with E-state index in [1.165, 1.54) is 44.9 Å². The summed E-state index contributed by atoms with van der Waals surface area (Å²) in [5, 5.41) is 0. The Bertz CT molecular complexity index is 1100. The normalized spacial score (nSPS) is 57.9. The lowest BCUT2D eigenvalue weighted by atomic mass is 9.60. The van der Waals surface area contributed by atoms with E-state index in [4.69, 9.17) is 0 Å². The molecule has 0 aromatic rings. The molecule has 2 heterocycles. The molecule has 0 N–H and O–H groups in total. The van der Waals surface area contributed by atoms with Gasteiger partial charge in [0.2, 0.25) is 0 Å². The Hall–Kier alpha value is -0.0800. The van der Waals surface area contributed by atoms with Crippen LogP contribution in [0.5, 0.6) is 0 Å². The Morgan fingerprint density at radius 2 is 0.745 bits per heavy atom. The molecule has 10 rings (SSSR count). The topological polar surface area (TPSA) is 6.48 Å². The van der Waals surface area contributed by atoms with E-state index in [0.29, 0.717) is 0 Å². The fourth-order valence-corrected chi connectivity index (χ4v) is 18.2. The molecular weight excluding hydrogens is 569 g/mol. The van der Waals surface area contributed by atoms with E-state index in [2.05, 4.69) is 30.8 Å². The first-order chi connectivity index (χ1) is 23.1. The third-order valence-corrected chi connectivity index (χ3v) is 19.6. The molecule has 8 aliphatic carbocycles. The average Bonchev–Trinajstić information content (AvgIpc) is 3.81. The zero-order valence-corrected chi connectivity index (χ0v) is 31.1. The lowest BCUT2D eigenvalue weighted by molar-refractivity contribution is 0.0388. The highest BCUT2D eigenvalue weighted by Crippen LogP contribution is 2.65. The number of rotatable bonds is 3. The van der Waals surface area contributed by atoms with Gasteiger partial charge in [0.25, 0.3) is 0 Å². The molecule has 2 saturated heterocycles. The molecule has 15 unspecified atom stereocenters. The summed E-state index contributed by atoms with van der Waals surface area (Å²) >= 11 is 0. The Kier molecular flexibility index (Phi) is 8.45. The molecule has 0 bridgehead atoms. The van der Waals surface area contributed by atoms with Crippen LogP contribution in [0, 0.1) is 88.8 Å². The molecular formula is C45H74N2. The van der Waals surface area contributed by atoms with Crippen LogP contribution in [0.2, 0.25) is 0 Å². The maximum atomic E-state index is 3.02. The number of hydrogen-bond acceptors (Lipinski definition) is 2. The van der Waals surface area contributed by atoms with Gasteiger partial charge in [-0.3, -0.25) is 9.80 Å². The molecule has 2 heteroatoms. The smallest absolute Gasteiger partial charge is 0.0161 e. The second kappa shape index (κ2) is 12.6. The van der Waals surface area contributed by atoms with Crippen LogP contribution in [-0.2, 0) is 0 Å². The monoisotopic (exact) mass is 643 g/mol. The van der Waals surface area contributed by atoms with E-state index in [1.807, 2.05) is 0 Å². The van der Waals surface area contributed by atoms with Crippen LogP contribution in [0.4, 0.5) is 0 Å². The molecule has 10 fully saturated rings. The summed E-state index contributed by atoms with van der Waals surface area (Å²) in [6, 6.07) is 3.82. The van der Waals surface area contributed by atoms with Crippen molar-refractivity contribution in [2.45, 2.75) is 179 Å². The number of nitrogens with zero attached hydrogens (tertiary/aromatic N) is 2. The predicted octanol–water partition coefficient (Wildman–Crippen LogP) is 10.7. The van der Waals surface area contributed by atoms with Gasteiger partial charge in [0.15, 0.2) is 0 Å². The number of fused-ring (bicyclic) bond motifs is 10. The SMILES string of the molecule is CC1CCC2C(C1)C1C(C3CCC(C4CCC(C5C6CCCCC6C6C5C5CCCCC5N6C)CC4)CC3)C3CCCCC3C1N2C. The van der Waals surface area contributed by atoms with E-state index in [-0.39, 0.29) is 0 Å². The number of hydrogen-bond donors (Lipinski definition) is 0. The highest BCUT2D eigenvalue weighted by atomic mass is 15.2. The highest BCUT2D eigenvalue weighted by Gasteiger charge is 2.64. The van der Waals surface area contributed by atoms with Crippen LogP contribution < -0.4 is 0 Å². The van der Waals surface area contributed by atoms with Crippen molar-refractivity contribution < 1.29 is 0 Å². The van der Waals surface area contributed by atoms with Crippen LogP contribution in [-0.4, -0.2) is 48.1 Å². The lowest BCUT2D eigenvalue weighted by Crippen LogP contribution is -2.42. The van der Waals surface area contributed by atoms with Crippen LogP contribution in [0.1, 0.15) is 155 Å². The molecule has 0 aromatic carbocycles. The van der Waals surface area contributed by atoms with Gasteiger partial charge in [-0.1, -0.05) is 45.4 Å². The molecule has 15 atom stereocenters. The highest BCUT2D eigenvalue weighted by molar-refractivity contribution is 5.15. The van der Waals surface area contributed by atoms with Gasteiger partial charge in [0.05, 0.1) is 0 Å². The summed E-state index contributed by atoms with van der Waals surface area (Å²) in [4.78, 5) is 6.04. The van der Waals surface area contributed by atoms with Gasteiger partial charge in [-0.25, -0.2) is 0 Å². The van der Waals surface area contributed by atoms with E-state index >= 15 is 0 Å². The Morgan fingerprint density at radius 1 is 0.340 bits per heavy atom. The van der Waals surface area contributed by atoms with Crippen LogP contribution in [0.3, 0.4) is 0 Å². The largest absolute Gasteiger partial charge is 0.300 e. The molecule has 2 aliphatic heterocycles. The first kappa shape index (κ1) is 31.6. The maximum absolute atomic E-state index is 3.02. The molecule has 47 heavy (non-hydrogen) atoms. The molecule has 0 aromatic heterocycles. The van der Waals surface area contributed by atoms with E-state index in [9.17, 15) is 0 Å². The van der Waals surface area contributed by atoms with Crippen molar-refractivity contribution in [2.75, 3.05) is 14.1 Å². The molecule has 0 radical (unpaired) electrons. The Morgan fingerprint density at radius 3 is 1.28 bits per heavy atom. The van der Waals surface area contributed by atoms with Crippen LogP contribution in [0.15, 0.2) is 0 Å². The van der Waals surface area contributed by atoms with Crippen molar-refractivity contribution in [1.82, 2.24) is 9.80 Å². The van der Waals surface area contributed by atoms with Crippen molar-refractivity contribution in [3.8, 4) is 0 Å².